The van der Waals surface area contributed by atoms with Crippen molar-refractivity contribution in [2.75, 3.05) is 13.2 Å². The summed E-state index contributed by atoms with van der Waals surface area (Å²) in [6, 6.07) is 0. The van der Waals surface area contributed by atoms with Crippen molar-refractivity contribution in [2.24, 2.45) is 11.8 Å². The summed E-state index contributed by atoms with van der Waals surface area (Å²) in [7, 11) is 0. The number of fused-ring (bicyclic) bond motifs is 2. The molecule has 4 atom stereocenters. The van der Waals surface area contributed by atoms with E-state index in [1.165, 1.54) is 44.9 Å². The topological polar surface area (TPSA) is 18.5 Å². The Morgan fingerprint density at radius 3 is 2.71 bits per heavy atom. The summed E-state index contributed by atoms with van der Waals surface area (Å²) in [4.78, 5) is 0. The van der Waals surface area contributed by atoms with E-state index in [4.69, 9.17) is 9.47 Å². The Balaban J connectivity index is 1.49. The van der Waals surface area contributed by atoms with Gasteiger partial charge in [0.25, 0.3) is 0 Å². The number of unbranched alkanes of at least 4 members (excludes halogenated alkanes) is 1. The molecule has 0 amide bonds. The average Bonchev–Trinajstić information content (AvgIpc) is 2.94. The van der Waals surface area contributed by atoms with Crippen LogP contribution in [-0.4, -0.2) is 25.4 Å². The number of hydrogen-bond acceptors (Lipinski definition) is 2. The molecule has 0 aromatic rings. The molecule has 0 aliphatic heterocycles. The predicted molar refractivity (Wildman–Crippen MR) is 70.1 cm³/mol. The number of ether oxygens (including phenoxy) is 2. The Bertz CT molecular complexity index is 217. The molecule has 0 aromatic heterocycles. The highest BCUT2D eigenvalue weighted by Gasteiger charge is 2.39. The van der Waals surface area contributed by atoms with E-state index in [2.05, 4.69) is 13.8 Å². The van der Waals surface area contributed by atoms with Crippen LogP contribution in [0.15, 0.2) is 0 Å². The van der Waals surface area contributed by atoms with Crippen LogP contribution >= 0.6 is 0 Å². The number of rotatable bonds is 8. The zero-order chi connectivity index (χ0) is 12.1. The fourth-order valence-electron chi connectivity index (χ4n) is 3.41. The third-order valence-corrected chi connectivity index (χ3v) is 4.46. The fourth-order valence-corrected chi connectivity index (χ4v) is 3.41. The quantitative estimate of drug-likeness (QED) is 0.601. The van der Waals surface area contributed by atoms with E-state index in [1.807, 2.05) is 0 Å². The average molecular weight is 240 g/mol. The minimum atomic E-state index is 0.401. The van der Waals surface area contributed by atoms with Crippen molar-refractivity contribution < 1.29 is 9.47 Å². The maximum absolute atomic E-state index is 5.97. The Hall–Kier alpha value is -0.0800. The summed E-state index contributed by atoms with van der Waals surface area (Å²) in [5.74, 6) is 1.85. The van der Waals surface area contributed by atoms with E-state index in [9.17, 15) is 0 Å². The van der Waals surface area contributed by atoms with Gasteiger partial charge in [-0.1, -0.05) is 19.8 Å². The molecule has 4 unspecified atom stereocenters. The summed E-state index contributed by atoms with van der Waals surface area (Å²) in [6.45, 7) is 5.97. The van der Waals surface area contributed by atoms with Crippen LogP contribution in [0.3, 0.4) is 0 Å². The lowest BCUT2D eigenvalue weighted by molar-refractivity contribution is -0.0359. The van der Waals surface area contributed by atoms with Crippen molar-refractivity contribution >= 4 is 0 Å². The first-order valence-corrected chi connectivity index (χ1v) is 7.52. The van der Waals surface area contributed by atoms with Crippen molar-refractivity contribution in [2.45, 2.75) is 71.0 Å². The van der Waals surface area contributed by atoms with E-state index < -0.39 is 0 Å². The molecule has 2 rings (SSSR count). The highest BCUT2D eigenvalue weighted by atomic mass is 16.5. The van der Waals surface area contributed by atoms with Gasteiger partial charge in [-0.15, -0.1) is 0 Å². The molecular weight excluding hydrogens is 212 g/mol. The standard InChI is InChI=1S/C15H28O2/c1-3-4-5-12(2)16-8-9-17-15-11-13-6-7-14(15)10-13/h12-15H,3-11H2,1-2H3. The van der Waals surface area contributed by atoms with E-state index in [1.54, 1.807) is 0 Å². The van der Waals surface area contributed by atoms with Crippen LogP contribution < -0.4 is 0 Å². The van der Waals surface area contributed by atoms with Crippen molar-refractivity contribution in [3.63, 3.8) is 0 Å². The summed E-state index contributed by atoms with van der Waals surface area (Å²) >= 11 is 0. The molecule has 2 bridgehead atoms. The molecule has 2 fully saturated rings. The van der Waals surface area contributed by atoms with Gasteiger partial charge in [-0.3, -0.25) is 0 Å². The van der Waals surface area contributed by atoms with Gasteiger partial charge < -0.3 is 9.47 Å². The molecule has 0 heterocycles. The molecule has 0 N–H and O–H groups in total. The van der Waals surface area contributed by atoms with Crippen LogP contribution in [-0.2, 0) is 9.47 Å². The van der Waals surface area contributed by atoms with Crippen LogP contribution in [0.1, 0.15) is 58.8 Å². The highest BCUT2D eigenvalue weighted by Crippen LogP contribution is 2.45. The molecule has 0 saturated heterocycles. The third-order valence-electron chi connectivity index (χ3n) is 4.46. The smallest absolute Gasteiger partial charge is 0.0704 e. The van der Waals surface area contributed by atoms with Crippen LogP contribution in [0.25, 0.3) is 0 Å². The Kier molecular flexibility index (Phi) is 5.30. The fraction of sp³-hybridized carbons (Fsp3) is 1.00. The molecule has 2 saturated carbocycles. The maximum Gasteiger partial charge on any atom is 0.0704 e. The molecule has 2 aliphatic carbocycles. The zero-order valence-electron chi connectivity index (χ0n) is 11.5. The van der Waals surface area contributed by atoms with Gasteiger partial charge in [-0.05, 0) is 50.9 Å². The van der Waals surface area contributed by atoms with Crippen LogP contribution in [0, 0.1) is 11.8 Å². The largest absolute Gasteiger partial charge is 0.376 e. The minimum Gasteiger partial charge on any atom is -0.376 e. The molecule has 2 heteroatoms. The lowest BCUT2D eigenvalue weighted by Crippen LogP contribution is -2.23. The van der Waals surface area contributed by atoms with Crippen LogP contribution in [0.4, 0.5) is 0 Å². The first-order valence-electron chi connectivity index (χ1n) is 7.52. The third kappa shape index (κ3) is 3.96. The van der Waals surface area contributed by atoms with Crippen molar-refractivity contribution in [3.8, 4) is 0 Å². The van der Waals surface area contributed by atoms with Gasteiger partial charge in [0, 0.05) is 0 Å². The van der Waals surface area contributed by atoms with Crippen molar-refractivity contribution in [1.82, 2.24) is 0 Å². The van der Waals surface area contributed by atoms with Gasteiger partial charge in [0.05, 0.1) is 25.4 Å². The summed E-state index contributed by atoms with van der Waals surface area (Å²) < 4.78 is 11.7. The van der Waals surface area contributed by atoms with Crippen LogP contribution in [0.2, 0.25) is 0 Å². The van der Waals surface area contributed by atoms with Crippen molar-refractivity contribution in [1.29, 1.82) is 0 Å². The van der Waals surface area contributed by atoms with Gasteiger partial charge in [-0.2, -0.15) is 0 Å². The van der Waals surface area contributed by atoms with E-state index in [0.717, 1.165) is 25.0 Å². The van der Waals surface area contributed by atoms with E-state index in [-0.39, 0.29) is 0 Å². The predicted octanol–water partition coefficient (Wildman–Crippen LogP) is 3.79. The molecule has 0 aromatic carbocycles. The molecule has 100 valence electrons. The Morgan fingerprint density at radius 2 is 2.06 bits per heavy atom. The summed E-state index contributed by atoms with van der Waals surface area (Å²) in [6.07, 6.45) is 10.3. The molecular formula is C15H28O2. The second-order valence-electron chi connectivity index (χ2n) is 5.91. The lowest BCUT2D eigenvalue weighted by Gasteiger charge is -2.22. The monoisotopic (exact) mass is 240 g/mol. The van der Waals surface area contributed by atoms with Crippen LogP contribution in [0.5, 0.6) is 0 Å². The first-order chi connectivity index (χ1) is 8.29. The van der Waals surface area contributed by atoms with Gasteiger partial charge in [0.1, 0.15) is 0 Å². The molecule has 2 aliphatic rings. The second kappa shape index (κ2) is 6.75. The molecule has 2 nitrogen and oxygen atoms in total. The van der Waals surface area contributed by atoms with E-state index in [0.29, 0.717) is 12.2 Å². The molecule has 0 spiro atoms. The van der Waals surface area contributed by atoms with E-state index >= 15 is 0 Å². The van der Waals surface area contributed by atoms with Gasteiger partial charge in [0.15, 0.2) is 0 Å². The van der Waals surface area contributed by atoms with Crippen molar-refractivity contribution in [3.05, 3.63) is 0 Å². The molecule has 17 heavy (non-hydrogen) atoms. The Labute approximate surface area is 106 Å². The van der Waals surface area contributed by atoms with Gasteiger partial charge in [0.2, 0.25) is 0 Å². The Morgan fingerprint density at radius 1 is 1.18 bits per heavy atom. The highest BCUT2D eigenvalue weighted by molar-refractivity contribution is 4.90. The first kappa shape index (κ1) is 13.4. The van der Waals surface area contributed by atoms with Gasteiger partial charge in [-0.25, -0.2) is 0 Å². The SMILES string of the molecule is CCCCC(C)OCCOC1CC2CCC1C2. The summed E-state index contributed by atoms with van der Waals surface area (Å²) in [5.41, 5.74) is 0. The molecule has 0 radical (unpaired) electrons. The minimum absolute atomic E-state index is 0.401. The number of hydrogen-bond donors (Lipinski definition) is 0. The second-order valence-corrected chi connectivity index (χ2v) is 5.91. The maximum atomic E-state index is 5.97. The lowest BCUT2D eigenvalue weighted by atomic mass is 9.98. The normalized spacial score (nSPS) is 33.2. The van der Waals surface area contributed by atoms with Gasteiger partial charge >= 0.3 is 0 Å². The summed E-state index contributed by atoms with van der Waals surface area (Å²) in [5, 5.41) is 0. The zero-order valence-corrected chi connectivity index (χ0v) is 11.5.